The summed E-state index contributed by atoms with van der Waals surface area (Å²) in [6.07, 6.45) is -0.619. The first-order valence-corrected chi connectivity index (χ1v) is 10.1. The Morgan fingerprint density at radius 3 is 2.58 bits per heavy atom. The van der Waals surface area contributed by atoms with E-state index in [1.807, 2.05) is 37.3 Å². The van der Waals surface area contributed by atoms with Crippen molar-refractivity contribution in [3.8, 4) is 11.3 Å². The summed E-state index contributed by atoms with van der Waals surface area (Å²) in [4.78, 5) is 13.9. The lowest BCUT2D eigenvalue weighted by Crippen LogP contribution is -2.07. The van der Waals surface area contributed by atoms with Crippen LogP contribution in [0.2, 0.25) is 0 Å². The van der Waals surface area contributed by atoms with Crippen LogP contribution >= 0.6 is 0 Å². The Morgan fingerprint density at radius 2 is 1.81 bits per heavy atom. The fourth-order valence-corrected chi connectivity index (χ4v) is 3.58. The highest BCUT2D eigenvalue weighted by molar-refractivity contribution is 5.84. The molecule has 0 aliphatic heterocycles. The van der Waals surface area contributed by atoms with Gasteiger partial charge in [0.1, 0.15) is 11.6 Å². The van der Waals surface area contributed by atoms with Crippen molar-refractivity contribution in [2.45, 2.75) is 31.9 Å². The first kappa shape index (κ1) is 19.5. The molecule has 4 aromatic rings. The molecule has 31 heavy (non-hydrogen) atoms. The number of rotatable bonds is 4. The minimum absolute atomic E-state index is 0.292. The lowest BCUT2D eigenvalue weighted by molar-refractivity contribution is -0.137. The Kier molecular flexibility index (Phi) is 4.61. The number of nitrogens with zero attached hydrogens (tertiary/aromatic N) is 3. The second-order valence-corrected chi connectivity index (χ2v) is 7.79. The molecule has 0 bridgehead atoms. The van der Waals surface area contributed by atoms with Gasteiger partial charge in [-0.25, -0.2) is 9.97 Å². The van der Waals surface area contributed by atoms with Gasteiger partial charge in [0.25, 0.3) is 0 Å². The Balaban J connectivity index is 1.59. The molecule has 7 heteroatoms. The first-order valence-electron chi connectivity index (χ1n) is 10.1. The molecule has 2 aromatic carbocycles. The highest BCUT2D eigenvalue weighted by atomic mass is 19.4. The van der Waals surface area contributed by atoms with Gasteiger partial charge in [-0.05, 0) is 50.1 Å². The standard InChI is InChI=1S/C24H19F3N4/c1-14-21(17-10-7-15-4-3-11-28-20(15)12-17)30-23(16-8-9-16)31-22(14)29-19-6-2-5-18(13-19)24(25,26)27/h2-7,10-13,16H,8-9H2,1H3,(H,29,30,31). The number of fused-ring (bicyclic) bond motifs is 1. The number of hydrogen-bond acceptors (Lipinski definition) is 4. The number of pyridine rings is 1. The van der Waals surface area contributed by atoms with E-state index < -0.39 is 11.7 Å². The van der Waals surface area contributed by atoms with Gasteiger partial charge in [0.15, 0.2) is 0 Å². The second kappa shape index (κ2) is 7.34. The maximum atomic E-state index is 13.1. The highest BCUT2D eigenvalue weighted by Crippen LogP contribution is 2.41. The van der Waals surface area contributed by atoms with Crippen LogP contribution in [0.1, 0.15) is 35.7 Å². The van der Waals surface area contributed by atoms with Crippen LogP contribution in [-0.2, 0) is 6.18 Å². The number of nitrogens with one attached hydrogen (secondary N) is 1. The van der Waals surface area contributed by atoms with Crippen molar-refractivity contribution < 1.29 is 13.2 Å². The first-order chi connectivity index (χ1) is 14.9. The van der Waals surface area contributed by atoms with Crippen LogP contribution in [0.25, 0.3) is 22.2 Å². The molecule has 2 aromatic heterocycles. The van der Waals surface area contributed by atoms with Gasteiger partial charge in [0.2, 0.25) is 0 Å². The predicted octanol–water partition coefficient (Wildman–Crippen LogP) is 6.64. The molecule has 0 amide bonds. The molecule has 1 aliphatic carbocycles. The number of alkyl halides is 3. The van der Waals surface area contributed by atoms with Crippen LogP contribution in [0.15, 0.2) is 60.8 Å². The van der Waals surface area contributed by atoms with Crippen molar-refractivity contribution in [3.05, 3.63) is 77.7 Å². The Bertz CT molecular complexity index is 1280. The maximum Gasteiger partial charge on any atom is 0.416 e. The summed E-state index contributed by atoms with van der Waals surface area (Å²) >= 11 is 0. The van der Waals surface area contributed by atoms with Gasteiger partial charge in [-0.2, -0.15) is 13.2 Å². The summed E-state index contributed by atoms with van der Waals surface area (Å²) in [6, 6.07) is 15.0. The zero-order valence-corrected chi connectivity index (χ0v) is 16.7. The third-order valence-electron chi connectivity index (χ3n) is 5.44. The second-order valence-electron chi connectivity index (χ2n) is 7.79. The van der Waals surface area contributed by atoms with Crippen molar-refractivity contribution in [1.29, 1.82) is 0 Å². The Morgan fingerprint density at radius 1 is 0.968 bits per heavy atom. The lowest BCUT2D eigenvalue weighted by Gasteiger charge is -2.15. The van der Waals surface area contributed by atoms with E-state index >= 15 is 0 Å². The Labute approximate surface area is 177 Å². The fourth-order valence-electron chi connectivity index (χ4n) is 3.58. The van der Waals surface area contributed by atoms with Crippen LogP contribution < -0.4 is 5.32 Å². The van der Waals surface area contributed by atoms with E-state index in [0.717, 1.165) is 58.5 Å². The van der Waals surface area contributed by atoms with E-state index in [2.05, 4.69) is 15.3 Å². The summed E-state index contributed by atoms with van der Waals surface area (Å²) in [5, 5.41) is 4.12. The molecular weight excluding hydrogens is 401 g/mol. The molecule has 1 saturated carbocycles. The average Bonchev–Trinajstić information content (AvgIpc) is 3.60. The van der Waals surface area contributed by atoms with Gasteiger partial charge in [0.05, 0.1) is 16.8 Å². The van der Waals surface area contributed by atoms with E-state index in [1.165, 1.54) is 6.07 Å². The third kappa shape index (κ3) is 3.95. The molecule has 0 atom stereocenters. The molecular formula is C24H19F3N4. The molecule has 156 valence electrons. The van der Waals surface area contributed by atoms with Gasteiger partial charge in [-0.3, -0.25) is 4.98 Å². The molecule has 0 spiro atoms. The maximum absolute atomic E-state index is 13.1. The summed E-state index contributed by atoms with van der Waals surface area (Å²) in [5.41, 5.74) is 2.94. The smallest absolute Gasteiger partial charge is 0.340 e. The van der Waals surface area contributed by atoms with Gasteiger partial charge >= 0.3 is 6.18 Å². The van der Waals surface area contributed by atoms with E-state index in [-0.39, 0.29) is 0 Å². The summed E-state index contributed by atoms with van der Waals surface area (Å²) in [6.45, 7) is 1.88. The molecule has 1 aliphatic rings. The van der Waals surface area contributed by atoms with Crippen molar-refractivity contribution >= 4 is 22.4 Å². The topological polar surface area (TPSA) is 50.7 Å². The predicted molar refractivity (Wildman–Crippen MR) is 114 cm³/mol. The van der Waals surface area contributed by atoms with E-state index in [1.54, 1.807) is 12.3 Å². The number of halogens is 3. The van der Waals surface area contributed by atoms with Crippen molar-refractivity contribution in [2.75, 3.05) is 5.32 Å². The quantitative estimate of drug-likeness (QED) is 0.402. The molecule has 0 saturated heterocycles. The van der Waals surface area contributed by atoms with Crippen LogP contribution in [0.5, 0.6) is 0 Å². The third-order valence-corrected chi connectivity index (χ3v) is 5.44. The van der Waals surface area contributed by atoms with Crippen LogP contribution in [0, 0.1) is 6.92 Å². The zero-order valence-electron chi connectivity index (χ0n) is 16.7. The number of anilines is 2. The van der Waals surface area contributed by atoms with Crippen LogP contribution in [0.3, 0.4) is 0 Å². The van der Waals surface area contributed by atoms with Crippen molar-refractivity contribution in [1.82, 2.24) is 15.0 Å². The highest BCUT2D eigenvalue weighted by Gasteiger charge is 2.31. The monoisotopic (exact) mass is 420 g/mol. The number of benzene rings is 2. The summed E-state index contributed by atoms with van der Waals surface area (Å²) < 4.78 is 39.4. The normalized spacial score (nSPS) is 14.1. The summed E-state index contributed by atoms with van der Waals surface area (Å²) in [7, 11) is 0. The SMILES string of the molecule is Cc1c(Nc2cccc(C(F)(F)F)c2)nc(C2CC2)nc1-c1ccc2cccnc2c1. The molecule has 0 unspecified atom stereocenters. The largest absolute Gasteiger partial charge is 0.416 e. The molecule has 5 rings (SSSR count). The molecule has 1 fully saturated rings. The van der Waals surface area contributed by atoms with E-state index in [0.29, 0.717) is 17.4 Å². The number of aromatic nitrogens is 3. The molecule has 2 heterocycles. The van der Waals surface area contributed by atoms with E-state index in [4.69, 9.17) is 4.98 Å². The molecule has 0 radical (unpaired) electrons. The van der Waals surface area contributed by atoms with E-state index in [9.17, 15) is 13.2 Å². The van der Waals surface area contributed by atoms with Gasteiger partial charge in [-0.1, -0.05) is 24.3 Å². The fraction of sp³-hybridized carbons (Fsp3) is 0.208. The van der Waals surface area contributed by atoms with Crippen LogP contribution in [0.4, 0.5) is 24.7 Å². The lowest BCUT2D eigenvalue weighted by atomic mass is 10.0. The van der Waals surface area contributed by atoms with Crippen molar-refractivity contribution in [3.63, 3.8) is 0 Å². The minimum atomic E-state index is -4.40. The van der Waals surface area contributed by atoms with Gasteiger partial charge < -0.3 is 5.32 Å². The summed E-state index contributed by atoms with van der Waals surface area (Å²) in [5.74, 6) is 1.53. The van der Waals surface area contributed by atoms with Gasteiger partial charge in [-0.15, -0.1) is 0 Å². The van der Waals surface area contributed by atoms with Crippen molar-refractivity contribution in [2.24, 2.45) is 0 Å². The number of hydrogen-bond donors (Lipinski definition) is 1. The minimum Gasteiger partial charge on any atom is -0.340 e. The average molecular weight is 420 g/mol. The molecule has 1 N–H and O–H groups in total. The molecule has 4 nitrogen and oxygen atoms in total. The van der Waals surface area contributed by atoms with Crippen LogP contribution in [-0.4, -0.2) is 15.0 Å². The zero-order chi connectivity index (χ0) is 21.6. The van der Waals surface area contributed by atoms with Gasteiger partial charge in [0, 0.05) is 34.3 Å². The Hall–Kier alpha value is -3.48.